The lowest BCUT2D eigenvalue weighted by Gasteiger charge is -2.16. The molecule has 0 fully saturated rings. The van der Waals surface area contributed by atoms with Crippen LogP contribution in [0.4, 0.5) is 0 Å². The van der Waals surface area contributed by atoms with Gasteiger partial charge in [-0.15, -0.1) is 5.10 Å². The fraction of sp³-hybridized carbons (Fsp3) is 0.211. The molecule has 1 aliphatic heterocycles. The van der Waals surface area contributed by atoms with Gasteiger partial charge in [-0.25, -0.2) is 0 Å². The summed E-state index contributed by atoms with van der Waals surface area (Å²) in [6.07, 6.45) is 0. The Morgan fingerprint density at radius 3 is 2.85 bits per heavy atom. The number of para-hydroxylation sites is 1. The van der Waals surface area contributed by atoms with Crippen molar-refractivity contribution in [2.75, 3.05) is 14.1 Å². The molecule has 0 saturated carbocycles. The first-order valence-electron chi connectivity index (χ1n) is 8.51. The van der Waals surface area contributed by atoms with Crippen LogP contribution in [0.25, 0.3) is 21.9 Å². The summed E-state index contributed by atoms with van der Waals surface area (Å²) in [7, 11) is 4.08. The first kappa shape index (κ1) is 15.1. The highest BCUT2D eigenvalue weighted by atomic mass is 16.2. The van der Waals surface area contributed by atoms with Gasteiger partial charge < -0.3 is 15.2 Å². The minimum absolute atomic E-state index is 0.0732. The van der Waals surface area contributed by atoms with Crippen LogP contribution in [0.15, 0.2) is 36.4 Å². The Morgan fingerprint density at radius 2 is 2.00 bits per heavy atom. The second-order valence-corrected chi connectivity index (χ2v) is 6.98. The van der Waals surface area contributed by atoms with Crippen LogP contribution in [0.2, 0.25) is 0 Å². The molecule has 26 heavy (non-hydrogen) atoms. The third kappa shape index (κ3) is 2.14. The van der Waals surface area contributed by atoms with Crippen molar-refractivity contribution in [2.24, 2.45) is 0 Å². The normalized spacial score (nSPS) is 16.6. The van der Waals surface area contributed by atoms with E-state index >= 15 is 0 Å². The zero-order valence-corrected chi connectivity index (χ0v) is 14.5. The van der Waals surface area contributed by atoms with Gasteiger partial charge in [-0.05, 0) is 37.9 Å². The van der Waals surface area contributed by atoms with Crippen molar-refractivity contribution < 1.29 is 4.79 Å². The number of benzene rings is 2. The van der Waals surface area contributed by atoms with E-state index in [-0.39, 0.29) is 11.9 Å². The third-order valence-corrected chi connectivity index (χ3v) is 4.92. The molecule has 2 aromatic heterocycles. The first-order chi connectivity index (χ1) is 12.6. The summed E-state index contributed by atoms with van der Waals surface area (Å²) in [4.78, 5) is 18.3. The standard InChI is InChI=1S/C19H18N6O/c1-25(2)9-16-17(10-5-3-4-6-13(10)20-16)18-11-7-14-15(23-24-22-14)8-12(11)19(26)21-18/h3-8,18,20H,9H2,1-2H3,(H,21,26)(H,22,23,24). The van der Waals surface area contributed by atoms with Crippen molar-refractivity contribution in [3.63, 3.8) is 0 Å². The van der Waals surface area contributed by atoms with E-state index in [9.17, 15) is 4.79 Å². The molecule has 0 saturated heterocycles. The summed E-state index contributed by atoms with van der Waals surface area (Å²) in [5.41, 5.74) is 6.46. The van der Waals surface area contributed by atoms with Crippen molar-refractivity contribution in [1.29, 1.82) is 0 Å². The van der Waals surface area contributed by atoms with Crippen molar-refractivity contribution in [1.82, 2.24) is 30.6 Å². The van der Waals surface area contributed by atoms with Crippen LogP contribution in [0.1, 0.15) is 33.2 Å². The lowest BCUT2D eigenvalue weighted by atomic mass is 9.95. The number of nitrogens with one attached hydrogen (secondary N) is 3. The Labute approximate surface area is 149 Å². The Morgan fingerprint density at radius 1 is 1.15 bits per heavy atom. The van der Waals surface area contributed by atoms with Crippen LogP contribution in [0.3, 0.4) is 0 Å². The minimum Gasteiger partial charge on any atom is -0.357 e. The third-order valence-electron chi connectivity index (χ3n) is 4.92. The van der Waals surface area contributed by atoms with Gasteiger partial charge in [-0.1, -0.05) is 23.4 Å². The molecule has 1 amide bonds. The van der Waals surface area contributed by atoms with Crippen LogP contribution in [-0.4, -0.2) is 45.3 Å². The zero-order valence-electron chi connectivity index (χ0n) is 14.5. The van der Waals surface area contributed by atoms with Crippen LogP contribution in [0, 0.1) is 0 Å². The van der Waals surface area contributed by atoms with Crippen molar-refractivity contribution in [2.45, 2.75) is 12.6 Å². The Balaban J connectivity index is 1.75. The van der Waals surface area contributed by atoms with Gasteiger partial charge in [0, 0.05) is 34.3 Å². The highest BCUT2D eigenvalue weighted by Gasteiger charge is 2.34. The number of aromatic amines is 2. The molecule has 2 aromatic carbocycles. The zero-order chi connectivity index (χ0) is 17.8. The predicted molar refractivity (Wildman–Crippen MR) is 98.9 cm³/mol. The van der Waals surface area contributed by atoms with E-state index in [1.807, 2.05) is 38.4 Å². The molecule has 5 rings (SSSR count). The fourth-order valence-corrected chi connectivity index (χ4v) is 3.85. The predicted octanol–water partition coefficient (Wildman–Crippen LogP) is 2.33. The largest absolute Gasteiger partial charge is 0.357 e. The maximum Gasteiger partial charge on any atom is 0.252 e. The van der Waals surface area contributed by atoms with E-state index in [4.69, 9.17) is 0 Å². The summed E-state index contributed by atoms with van der Waals surface area (Å²) in [6, 6.07) is 11.8. The van der Waals surface area contributed by atoms with Crippen LogP contribution >= 0.6 is 0 Å². The van der Waals surface area contributed by atoms with Crippen molar-refractivity contribution in [3.8, 4) is 0 Å². The molecular formula is C19H18N6O. The second-order valence-electron chi connectivity index (χ2n) is 6.98. The number of aromatic nitrogens is 4. The molecule has 0 spiro atoms. The maximum absolute atomic E-state index is 12.6. The lowest BCUT2D eigenvalue weighted by Crippen LogP contribution is -2.22. The fourth-order valence-electron chi connectivity index (χ4n) is 3.85. The number of hydrogen-bond donors (Lipinski definition) is 3. The molecule has 7 heteroatoms. The SMILES string of the molecule is CN(C)Cc1[nH]c2ccccc2c1C1NC(=O)c2cc3nn[nH]c3cc21. The van der Waals surface area contributed by atoms with Crippen LogP contribution < -0.4 is 5.32 Å². The summed E-state index contributed by atoms with van der Waals surface area (Å²) >= 11 is 0. The molecular weight excluding hydrogens is 328 g/mol. The number of H-pyrrole nitrogens is 2. The number of carbonyl (C=O) groups is 1. The topological polar surface area (TPSA) is 89.7 Å². The van der Waals surface area contributed by atoms with Gasteiger partial charge in [-0.3, -0.25) is 9.89 Å². The molecule has 1 unspecified atom stereocenters. The van der Waals surface area contributed by atoms with E-state index in [1.165, 1.54) is 0 Å². The van der Waals surface area contributed by atoms with E-state index < -0.39 is 0 Å². The molecule has 0 bridgehead atoms. The molecule has 0 aliphatic carbocycles. The van der Waals surface area contributed by atoms with Gasteiger partial charge >= 0.3 is 0 Å². The van der Waals surface area contributed by atoms with Gasteiger partial charge in [0.05, 0.1) is 11.6 Å². The summed E-state index contributed by atoms with van der Waals surface area (Å²) in [6.45, 7) is 0.763. The number of carbonyl (C=O) groups excluding carboxylic acids is 1. The number of fused-ring (bicyclic) bond motifs is 3. The smallest absolute Gasteiger partial charge is 0.252 e. The number of amides is 1. The quantitative estimate of drug-likeness (QED) is 0.531. The van der Waals surface area contributed by atoms with Gasteiger partial charge in [0.2, 0.25) is 0 Å². The molecule has 7 nitrogen and oxygen atoms in total. The van der Waals surface area contributed by atoms with Gasteiger partial charge in [-0.2, -0.15) is 0 Å². The van der Waals surface area contributed by atoms with Crippen molar-refractivity contribution in [3.05, 3.63) is 58.8 Å². The molecule has 1 atom stereocenters. The number of hydrogen-bond acceptors (Lipinski definition) is 4. The summed E-state index contributed by atoms with van der Waals surface area (Å²) in [5, 5.41) is 15.0. The Hall–Kier alpha value is -3.19. The van der Waals surface area contributed by atoms with Gasteiger partial charge in [0.25, 0.3) is 5.91 Å². The van der Waals surface area contributed by atoms with Gasteiger partial charge in [0.1, 0.15) is 5.52 Å². The highest BCUT2D eigenvalue weighted by molar-refractivity contribution is 6.03. The summed E-state index contributed by atoms with van der Waals surface area (Å²) < 4.78 is 0. The Bertz CT molecular complexity index is 1160. The monoisotopic (exact) mass is 346 g/mol. The lowest BCUT2D eigenvalue weighted by molar-refractivity contribution is 0.0960. The maximum atomic E-state index is 12.6. The van der Waals surface area contributed by atoms with E-state index in [2.05, 4.69) is 42.7 Å². The van der Waals surface area contributed by atoms with E-state index in [1.54, 1.807) is 0 Å². The number of nitrogens with zero attached hydrogens (tertiary/aromatic N) is 3. The van der Waals surface area contributed by atoms with Crippen LogP contribution in [-0.2, 0) is 6.54 Å². The molecule has 1 aliphatic rings. The van der Waals surface area contributed by atoms with Gasteiger partial charge in [0.15, 0.2) is 0 Å². The van der Waals surface area contributed by atoms with E-state index in [0.717, 1.165) is 39.8 Å². The first-order valence-corrected chi connectivity index (χ1v) is 8.51. The van der Waals surface area contributed by atoms with E-state index in [0.29, 0.717) is 11.1 Å². The Kier molecular flexibility index (Phi) is 3.14. The highest BCUT2D eigenvalue weighted by Crippen LogP contribution is 2.38. The van der Waals surface area contributed by atoms with Crippen LogP contribution in [0.5, 0.6) is 0 Å². The molecule has 130 valence electrons. The number of rotatable bonds is 3. The average Bonchev–Trinajstić information content (AvgIpc) is 3.28. The molecule has 3 heterocycles. The van der Waals surface area contributed by atoms with Crippen molar-refractivity contribution >= 4 is 27.8 Å². The second kappa shape index (κ2) is 5.40. The average molecular weight is 346 g/mol. The molecule has 3 N–H and O–H groups in total. The minimum atomic E-state index is -0.198. The summed E-state index contributed by atoms with van der Waals surface area (Å²) in [5.74, 6) is -0.0732. The molecule has 4 aromatic rings. The molecule has 0 radical (unpaired) electrons.